The van der Waals surface area contributed by atoms with Crippen LogP contribution in [0.25, 0.3) is 0 Å². The van der Waals surface area contributed by atoms with Crippen molar-refractivity contribution < 1.29 is 28.6 Å². The lowest BCUT2D eigenvalue weighted by Gasteiger charge is -2.33. The standard InChI is InChI=1S/C39H48N8O6/c1-24-19-27(22-41)20-25(2)32(24)51-33-29-23-47(18-16-30(29)44-35(46-33)43-28-14-12-26(21-40)13-15-28)34(48)31(45-37(50)53-39(6,7)8)11-9-10-17-42-36(49)52-38(3,4)5/h12-15,19-20,31H,9-11,16-18,23H2,1-8H3,(H,42,49)(H,45,50)(H,43,44,46)/t31-/m0/s1. The molecule has 1 aliphatic rings. The zero-order chi connectivity index (χ0) is 38.9. The second-order valence-electron chi connectivity index (χ2n) is 14.9. The lowest BCUT2D eigenvalue weighted by atomic mass is 10.0. The average Bonchev–Trinajstić information content (AvgIpc) is 3.07. The molecule has 1 atom stereocenters. The summed E-state index contributed by atoms with van der Waals surface area (Å²) in [5, 5.41) is 27.4. The first-order valence-electron chi connectivity index (χ1n) is 17.6. The molecule has 0 spiro atoms. The Hall–Kier alpha value is -5.89. The molecule has 2 heterocycles. The maximum absolute atomic E-state index is 14.2. The van der Waals surface area contributed by atoms with Crippen molar-refractivity contribution in [1.29, 1.82) is 10.5 Å². The number of hydrogen-bond acceptors (Lipinski definition) is 11. The van der Waals surface area contributed by atoms with E-state index in [1.807, 2.05) is 13.8 Å². The van der Waals surface area contributed by atoms with Gasteiger partial charge in [-0.1, -0.05) is 0 Å². The quantitative estimate of drug-likeness (QED) is 0.175. The predicted molar refractivity (Wildman–Crippen MR) is 198 cm³/mol. The van der Waals surface area contributed by atoms with Gasteiger partial charge in [-0.2, -0.15) is 15.5 Å². The molecule has 4 rings (SSSR count). The van der Waals surface area contributed by atoms with Crippen molar-refractivity contribution in [3.63, 3.8) is 0 Å². The van der Waals surface area contributed by atoms with Gasteiger partial charge < -0.3 is 35.1 Å². The largest absolute Gasteiger partial charge is 0.444 e. The number of carbonyl (C=O) groups excluding carboxylic acids is 3. The summed E-state index contributed by atoms with van der Waals surface area (Å²) < 4.78 is 17.3. The fourth-order valence-electron chi connectivity index (χ4n) is 5.65. The van der Waals surface area contributed by atoms with E-state index >= 15 is 0 Å². The fraction of sp³-hybridized carbons (Fsp3) is 0.462. The van der Waals surface area contributed by atoms with Crippen LogP contribution in [0.4, 0.5) is 21.2 Å². The number of rotatable bonds is 11. The number of hydrogen-bond donors (Lipinski definition) is 3. The Morgan fingerprint density at radius 2 is 1.51 bits per heavy atom. The van der Waals surface area contributed by atoms with Crippen LogP contribution in [0.1, 0.15) is 94.3 Å². The topological polar surface area (TPSA) is 192 Å². The van der Waals surface area contributed by atoms with Gasteiger partial charge in [0.1, 0.15) is 23.0 Å². The number of aromatic nitrogens is 2. The molecule has 3 aromatic rings. The number of nitriles is 2. The molecule has 0 saturated carbocycles. The zero-order valence-electron chi connectivity index (χ0n) is 31.7. The molecule has 3 N–H and O–H groups in total. The summed E-state index contributed by atoms with van der Waals surface area (Å²) >= 11 is 0. The predicted octanol–water partition coefficient (Wildman–Crippen LogP) is 6.85. The van der Waals surface area contributed by atoms with Gasteiger partial charge in [0.05, 0.1) is 41.1 Å². The third-order valence-electron chi connectivity index (χ3n) is 7.97. The van der Waals surface area contributed by atoms with E-state index in [0.29, 0.717) is 72.6 Å². The number of benzene rings is 2. The summed E-state index contributed by atoms with van der Waals surface area (Å²) in [4.78, 5) is 50.3. The third kappa shape index (κ3) is 11.8. The summed E-state index contributed by atoms with van der Waals surface area (Å²) in [7, 11) is 0. The van der Waals surface area contributed by atoms with E-state index in [9.17, 15) is 24.9 Å². The third-order valence-corrected chi connectivity index (χ3v) is 7.97. The maximum Gasteiger partial charge on any atom is 0.408 e. The van der Waals surface area contributed by atoms with Gasteiger partial charge in [0, 0.05) is 25.2 Å². The zero-order valence-corrected chi connectivity index (χ0v) is 31.7. The fourth-order valence-corrected chi connectivity index (χ4v) is 5.65. The van der Waals surface area contributed by atoms with Gasteiger partial charge >= 0.3 is 12.2 Å². The van der Waals surface area contributed by atoms with Crippen molar-refractivity contribution in [3.05, 3.63) is 69.9 Å². The highest BCUT2D eigenvalue weighted by Crippen LogP contribution is 2.35. The van der Waals surface area contributed by atoms with E-state index in [1.54, 1.807) is 82.8 Å². The Bertz CT molecular complexity index is 1880. The summed E-state index contributed by atoms with van der Waals surface area (Å²) in [5.74, 6) is 0.737. The maximum atomic E-state index is 14.2. The summed E-state index contributed by atoms with van der Waals surface area (Å²) in [6.07, 6.45) is 0.515. The number of anilines is 2. The normalized spacial score (nSPS) is 13.1. The van der Waals surface area contributed by atoms with Crippen molar-refractivity contribution in [2.24, 2.45) is 0 Å². The van der Waals surface area contributed by atoms with Crippen molar-refractivity contribution in [1.82, 2.24) is 25.5 Å². The molecule has 0 radical (unpaired) electrons. The Morgan fingerprint density at radius 3 is 2.11 bits per heavy atom. The Balaban J connectivity index is 1.59. The molecule has 0 aliphatic carbocycles. The molecule has 0 unspecified atom stereocenters. The Kier molecular flexibility index (Phi) is 12.9. The minimum Gasteiger partial charge on any atom is -0.444 e. The highest BCUT2D eigenvalue weighted by atomic mass is 16.6. The average molecular weight is 725 g/mol. The lowest BCUT2D eigenvalue weighted by molar-refractivity contribution is -0.134. The summed E-state index contributed by atoms with van der Waals surface area (Å²) in [6.45, 7) is 15.1. The number of carbonyl (C=O) groups is 3. The number of fused-ring (bicyclic) bond motifs is 1. The van der Waals surface area contributed by atoms with Crippen LogP contribution in [0, 0.1) is 36.5 Å². The van der Waals surface area contributed by atoms with E-state index in [1.165, 1.54) is 0 Å². The highest BCUT2D eigenvalue weighted by Gasteiger charge is 2.33. The first-order valence-corrected chi connectivity index (χ1v) is 17.6. The number of amides is 3. The second kappa shape index (κ2) is 17.1. The molecule has 1 aliphatic heterocycles. The lowest BCUT2D eigenvalue weighted by Crippen LogP contribution is -2.51. The molecule has 53 heavy (non-hydrogen) atoms. The van der Waals surface area contributed by atoms with Crippen LogP contribution in [0.3, 0.4) is 0 Å². The number of ether oxygens (including phenoxy) is 3. The van der Waals surface area contributed by atoms with Crippen LogP contribution in [0.2, 0.25) is 0 Å². The van der Waals surface area contributed by atoms with Crippen LogP contribution in [-0.2, 0) is 27.2 Å². The Labute approximate surface area is 310 Å². The summed E-state index contributed by atoms with van der Waals surface area (Å²) in [6, 6.07) is 13.7. The molecule has 0 saturated heterocycles. The van der Waals surface area contributed by atoms with Crippen LogP contribution in [-0.4, -0.2) is 63.3 Å². The molecule has 14 heteroatoms. The van der Waals surface area contributed by atoms with Gasteiger partial charge in [-0.25, -0.2) is 14.6 Å². The molecule has 1 aromatic heterocycles. The van der Waals surface area contributed by atoms with E-state index in [-0.39, 0.29) is 24.3 Å². The van der Waals surface area contributed by atoms with Crippen LogP contribution in [0.5, 0.6) is 11.6 Å². The van der Waals surface area contributed by atoms with Gasteiger partial charge in [-0.3, -0.25) is 4.79 Å². The number of aryl methyl sites for hydroxylation is 2. The van der Waals surface area contributed by atoms with Gasteiger partial charge in [-0.15, -0.1) is 0 Å². The van der Waals surface area contributed by atoms with Gasteiger partial charge in [0.15, 0.2) is 0 Å². The molecule has 280 valence electrons. The smallest absolute Gasteiger partial charge is 0.408 e. The number of nitrogens with one attached hydrogen (secondary N) is 3. The van der Waals surface area contributed by atoms with Crippen molar-refractivity contribution in [2.45, 2.75) is 105 Å². The van der Waals surface area contributed by atoms with E-state index in [4.69, 9.17) is 24.2 Å². The highest BCUT2D eigenvalue weighted by molar-refractivity contribution is 5.86. The van der Waals surface area contributed by atoms with Crippen molar-refractivity contribution >= 4 is 29.7 Å². The van der Waals surface area contributed by atoms with Gasteiger partial charge in [-0.05, 0) is 122 Å². The molecule has 0 fully saturated rings. The molecule has 2 aromatic carbocycles. The first-order chi connectivity index (χ1) is 24.9. The molecular weight excluding hydrogens is 676 g/mol. The number of unbranched alkanes of at least 4 members (excludes halogenated alkanes) is 1. The summed E-state index contributed by atoms with van der Waals surface area (Å²) in [5.41, 5.74) is 3.06. The molecule has 3 amide bonds. The second-order valence-corrected chi connectivity index (χ2v) is 14.9. The van der Waals surface area contributed by atoms with Gasteiger partial charge in [0.2, 0.25) is 17.7 Å². The monoisotopic (exact) mass is 724 g/mol. The van der Waals surface area contributed by atoms with E-state index in [2.05, 4.69) is 28.1 Å². The minimum absolute atomic E-state index is 0.113. The van der Waals surface area contributed by atoms with Gasteiger partial charge in [0.25, 0.3) is 0 Å². The molecular formula is C39H48N8O6. The molecule has 0 bridgehead atoms. The Morgan fingerprint density at radius 1 is 0.887 bits per heavy atom. The van der Waals surface area contributed by atoms with Crippen LogP contribution >= 0.6 is 0 Å². The van der Waals surface area contributed by atoms with Crippen LogP contribution < -0.4 is 20.7 Å². The number of alkyl carbamates (subject to hydrolysis) is 2. The van der Waals surface area contributed by atoms with Crippen LogP contribution in [0.15, 0.2) is 36.4 Å². The molecule has 14 nitrogen and oxygen atoms in total. The van der Waals surface area contributed by atoms with Crippen molar-refractivity contribution in [3.8, 4) is 23.8 Å². The number of nitrogens with zero attached hydrogens (tertiary/aromatic N) is 5. The van der Waals surface area contributed by atoms with E-state index in [0.717, 1.165) is 11.1 Å². The first kappa shape index (κ1) is 39.9. The SMILES string of the molecule is Cc1cc(C#N)cc(C)c1Oc1nc(Nc2ccc(C#N)cc2)nc2c1CN(C(=O)[C@H](CCCCNC(=O)OC(C)(C)C)NC(=O)OC(C)(C)C)CC2. The van der Waals surface area contributed by atoms with E-state index < -0.39 is 29.4 Å². The minimum atomic E-state index is -0.904. The van der Waals surface area contributed by atoms with Crippen molar-refractivity contribution in [2.75, 3.05) is 18.4 Å².